The van der Waals surface area contributed by atoms with Crippen molar-refractivity contribution in [2.45, 2.75) is 45.1 Å². The second kappa shape index (κ2) is 11.1. The lowest BCUT2D eigenvalue weighted by molar-refractivity contribution is 0.191. The van der Waals surface area contributed by atoms with Gasteiger partial charge in [-0.25, -0.2) is 8.78 Å². The molecular formula is C28H28F4O3. The summed E-state index contributed by atoms with van der Waals surface area (Å²) in [5.74, 6) is -4.18. The molecular weight excluding hydrogens is 460 g/mol. The van der Waals surface area contributed by atoms with Gasteiger partial charge in [-0.3, -0.25) is 0 Å². The van der Waals surface area contributed by atoms with Crippen LogP contribution in [-0.4, -0.2) is 18.3 Å². The summed E-state index contributed by atoms with van der Waals surface area (Å²) in [6, 6.07) is 12.6. The molecule has 0 aliphatic heterocycles. The van der Waals surface area contributed by atoms with Crippen molar-refractivity contribution in [1.29, 1.82) is 0 Å². The highest BCUT2D eigenvalue weighted by Crippen LogP contribution is 2.39. The number of hydrogen-bond donors (Lipinski definition) is 1. The Kier molecular flexibility index (Phi) is 7.96. The zero-order valence-electron chi connectivity index (χ0n) is 19.5. The average molecular weight is 489 g/mol. The van der Waals surface area contributed by atoms with Gasteiger partial charge < -0.3 is 14.6 Å². The molecule has 3 nitrogen and oxygen atoms in total. The molecule has 35 heavy (non-hydrogen) atoms. The molecule has 3 aromatic carbocycles. The first-order valence-electron chi connectivity index (χ1n) is 11.8. The first-order valence-corrected chi connectivity index (χ1v) is 11.8. The normalized spacial score (nSPS) is 17.9. The van der Waals surface area contributed by atoms with Gasteiger partial charge in [0.2, 0.25) is 11.6 Å². The molecule has 0 atom stereocenters. The van der Waals surface area contributed by atoms with Crippen LogP contribution in [0.4, 0.5) is 17.6 Å². The van der Waals surface area contributed by atoms with E-state index in [1.165, 1.54) is 12.1 Å². The van der Waals surface area contributed by atoms with E-state index in [2.05, 4.69) is 0 Å². The molecule has 1 saturated carbocycles. The summed E-state index contributed by atoms with van der Waals surface area (Å²) in [4.78, 5) is 0. The van der Waals surface area contributed by atoms with Crippen LogP contribution in [0.25, 0.3) is 11.1 Å². The molecule has 186 valence electrons. The molecule has 0 amide bonds. The fourth-order valence-electron chi connectivity index (χ4n) is 4.63. The van der Waals surface area contributed by atoms with Crippen LogP contribution in [0.3, 0.4) is 0 Å². The van der Waals surface area contributed by atoms with Crippen molar-refractivity contribution in [2.24, 2.45) is 5.92 Å². The highest BCUT2D eigenvalue weighted by atomic mass is 19.2. The summed E-state index contributed by atoms with van der Waals surface area (Å²) < 4.78 is 68.7. The van der Waals surface area contributed by atoms with Gasteiger partial charge in [0.25, 0.3) is 0 Å². The van der Waals surface area contributed by atoms with Gasteiger partial charge in [-0.15, -0.1) is 0 Å². The third-order valence-electron chi connectivity index (χ3n) is 6.63. The van der Waals surface area contributed by atoms with Crippen LogP contribution in [0, 0.1) is 29.2 Å². The van der Waals surface area contributed by atoms with E-state index in [0.29, 0.717) is 42.4 Å². The predicted molar refractivity (Wildman–Crippen MR) is 125 cm³/mol. The van der Waals surface area contributed by atoms with E-state index < -0.39 is 23.3 Å². The van der Waals surface area contributed by atoms with Crippen molar-refractivity contribution in [3.8, 4) is 22.6 Å². The lowest BCUT2D eigenvalue weighted by Gasteiger charge is -2.29. The molecule has 0 heterocycles. The van der Waals surface area contributed by atoms with Crippen molar-refractivity contribution >= 4 is 0 Å². The van der Waals surface area contributed by atoms with Crippen LogP contribution in [0.1, 0.15) is 49.7 Å². The molecule has 4 rings (SSSR count). The molecule has 0 saturated heterocycles. The Bertz CT molecular complexity index is 1160. The topological polar surface area (TPSA) is 38.7 Å². The smallest absolute Gasteiger partial charge is 0.204 e. The number of ether oxygens (including phenoxy) is 2. The molecule has 7 heteroatoms. The van der Waals surface area contributed by atoms with Gasteiger partial charge in [0.15, 0.2) is 23.1 Å². The monoisotopic (exact) mass is 488 g/mol. The van der Waals surface area contributed by atoms with E-state index in [1.54, 1.807) is 43.3 Å². The molecule has 0 radical (unpaired) electrons. The van der Waals surface area contributed by atoms with Crippen molar-refractivity contribution in [2.75, 3.05) is 13.2 Å². The fourth-order valence-corrected chi connectivity index (χ4v) is 4.63. The number of hydrogen-bond acceptors (Lipinski definition) is 3. The van der Waals surface area contributed by atoms with E-state index in [4.69, 9.17) is 14.6 Å². The highest BCUT2D eigenvalue weighted by Gasteiger charge is 2.27. The van der Waals surface area contributed by atoms with Gasteiger partial charge in [0, 0.05) is 5.56 Å². The molecule has 1 aliphatic rings. The number of benzene rings is 3. The van der Waals surface area contributed by atoms with E-state index >= 15 is 0 Å². The van der Waals surface area contributed by atoms with Crippen molar-refractivity contribution < 1.29 is 32.1 Å². The summed E-state index contributed by atoms with van der Waals surface area (Å²) in [6.45, 7) is 2.02. The Morgan fingerprint density at radius 1 is 0.743 bits per heavy atom. The van der Waals surface area contributed by atoms with Gasteiger partial charge in [0.1, 0.15) is 0 Å². The van der Waals surface area contributed by atoms with Crippen LogP contribution in [0.15, 0.2) is 48.5 Å². The van der Waals surface area contributed by atoms with E-state index in [-0.39, 0.29) is 48.7 Å². The average Bonchev–Trinajstić information content (AvgIpc) is 2.88. The molecule has 1 fully saturated rings. The fraction of sp³-hybridized carbons (Fsp3) is 0.357. The molecule has 0 aromatic heterocycles. The van der Waals surface area contributed by atoms with E-state index in [9.17, 15) is 17.6 Å². The second-order valence-electron chi connectivity index (χ2n) is 8.84. The SMILES string of the molecule is CCOc1ccc(OCC2CCC(c3ccc(-c4ccc(CO)cc4)c(F)c3F)CC2)c(F)c1F. The predicted octanol–water partition coefficient (Wildman–Crippen LogP) is 7.15. The zero-order valence-corrected chi connectivity index (χ0v) is 19.5. The number of aliphatic hydroxyl groups excluding tert-OH is 1. The van der Waals surface area contributed by atoms with Crippen LogP contribution >= 0.6 is 0 Å². The third kappa shape index (κ3) is 5.45. The minimum absolute atomic E-state index is 0.109. The molecule has 3 aromatic rings. The molecule has 1 N–H and O–H groups in total. The first-order chi connectivity index (χ1) is 16.9. The van der Waals surface area contributed by atoms with Gasteiger partial charge in [0.05, 0.1) is 19.8 Å². The highest BCUT2D eigenvalue weighted by molar-refractivity contribution is 5.65. The maximum Gasteiger partial charge on any atom is 0.204 e. The standard InChI is InChI=1S/C28H28F4O3/c1-2-34-23-13-14-24(28(32)27(23)31)35-16-18-5-9-20(10-6-18)22-12-11-21(25(29)26(22)30)19-7-3-17(15-33)4-8-19/h3-4,7-8,11-14,18,20,33H,2,5-6,9-10,15-16H2,1H3. The summed E-state index contributed by atoms with van der Waals surface area (Å²) in [5.41, 5.74) is 1.78. The Balaban J connectivity index is 1.37. The third-order valence-corrected chi connectivity index (χ3v) is 6.63. The molecule has 1 aliphatic carbocycles. The van der Waals surface area contributed by atoms with Crippen molar-refractivity contribution in [3.05, 3.63) is 82.9 Å². The van der Waals surface area contributed by atoms with Crippen LogP contribution < -0.4 is 9.47 Å². The van der Waals surface area contributed by atoms with Crippen molar-refractivity contribution in [3.63, 3.8) is 0 Å². The van der Waals surface area contributed by atoms with Gasteiger partial charge in [-0.05, 0) is 73.3 Å². The van der Waals surface area contributed by atoms with Gasteiger partial charge >= 0.3 is 0 Å². The van der Waals surface area contributed by atoms with Crippen LogP contribution in [0.2, 0.25) is 0 Å². The molecule has 0 spiro atoms. The minimum atomic E-state index is -1.08. The summed E-state index contributed by atoms with van der Waals surface area (Å²) in [7, 11) is 0. The lowest BCUT2D eigenvalue weighted by Crippen LogP contribution is -2.20. The van der Waals surface area contributed by atoms with Gasteiger partial charge in [-0.2, -0.15) is 8.78 Å². The van der Waals surface area contributed by atoms with Gasteiger partial charge in [-0.1, -0.05) is 36.4 Å². The Labute approximate surface area is 202 Å². The summed E-state index contributed by atoms with van der Waals surface area (Å²) in [5, 5.41) is 9.16. The van der Waals surface area contributed by atoms with E-state index in [1.807, 2.05) is 0 Å². The maximum atomic E-state index is 15.0. The maximum absolute atomic E-state index is 15.0. The largest absolute Gasteiger partial charge is 0.491 e. The second-order valence-corrected chi connectivity index (χ2v) is 8.84. The Hall–Kier alpha value is -3.06. The Morgan fingerprint density at radius 2 is 1.37 bits per heavy atom. The number of halogens is 4. The quantitative estimate of drug-likeness (QED) is 0.342. The molecule has 0 bridgehead atoms. The summed E-state index contributed by atoms with van der Waals surface area (Å²) in [6.07, 6.45) is 2.71. The number of rotatable bonds is 8. The minimum Gasteiger partial charge on any atom is -0.491 e. The first kappa shape index (κ1) is 25.0. The Morgan fingerprint density at radius 3 is 1.97 bits per heavy atom. The van der Waals surface area contributed by atoms with E-state index in [0.717, 1.165) is 0 Å². The van der Waals surface area contributed by atoms with Crippen LogP contribution in [-0.2, 0) is 6.61 Å². The zero-order chi connectivity index (χ0) is 24.9. The number of aliphatic hydroxyl groups is 1. The lowest BCUT2D eigenvalue weighted by atomic mass is 9.78. The van der Waals surface area contributed by atoms with Crippen molar-refractivity contribution in [1.82, 2.24) is 0 Å². The molecule has 0 unspecified atom stereocenters. The summed E-state index contributed by atoms with van der Waals surface area (Å²) >= 11 is 0. The van der Waals surface area contributed by atoms with Crippen LogP contribution in [0.5, 0.6) is 11.5 Å².